The van der Waals surface area contributed by atoms with Crippen LogP contribution in [-0.2, 0) is 19.6 Å². The number of rotatable bonds is 7. The lowest BCUT2D eigenvalue weighted by atomic mass is 9.87. The Morgan fingerprint density at radius 2 is 1.86 bits per heavy atom. The molecule has 0 fully saturated rings. The van der Waals surface area contributed by atoms with E-state index in [2.05, 4.69) is 6.92 Å². The zero-order valence-corrected chi connectivity index (χ0v) is 17.9. The minimum Gasteiger partial charge on any atom is -0.465 e. The highest BCUT2D eigenvalue weighted by Crippen LogP contribution is 2.40. The molecule has 2 aliphatic rings. The molecular formula is C23H27NO4S. The minimum atomic E-state index is -3.76. The molecule has 2 unspecified atom stereocenters. The van der Waals surface area contributed by atoms with E-state index >= 15 is 0 Å². The number of methoxy groups -OCH3 is 1. The predicted octanol–water partition coefficient (Wildman–Crippen LogP) is 4.28. The summed E-state index contributed by atoms with van der Waals surface area (Å²) in [5, 5.41) is 0. The fourth-order valence-electron chi connectivity index (χ4n) is 3.63. The van der Waals surface area contributed by atoms with E-state index in [0.717, 1.165) is 24.8 Å². The number of hydrogen-bond donors (Lipinski definition) is 0. The summed E-state index contributed by atoms with van der Waals surface area (Å²) in [4.78, 5) is 12.7. The van der Waals surface area contributed by atoms with Crippen molar-refractivity contribution >= 4 is 16.0 Å². The Balaban J connectivity index is 2.06. The molecule has 1 aliphatic carbocycles. The van der Waals surface area contributed by atoms with Crippen molar-refractivity contribution in [1.29, 1.82) is 0 Å². The van der Waals surface area contributed by atoms with Crippen molar-refractivity contribution in [2.75, 3.05) is 7.11 Å². The predicted molar refractivity (Wildman–Crippen MR) is 113 cm³/mol. The van der Waals surface area contributed by atoms with Crippen LogP contribution in [0.15, 0.2) is 76.9 Å². The second kappa shape index (κ2) is 8.82. The molecule has 6 heteroatoms. The third kappa shape index (κ3) is 4.22. The fourth-order valence-corrected chi connectivity index (χ4v) is 5.12. The van der Waals surface area contributed by atoms with Crippen molar-refractivity contribution in [2.45, 2.75) is 44.0 Å². The van der Waals surface area contributed by atoms with E-state index in [9.17, 15) is 13.2 Å². The second-order valence-electron chi connectivity index (χ2n) is 7.27. The van der Waals surface area contributed by atoms with Gasteiger partial charge in [0.2, 0.25) is 0 Å². The number of fused-ring (bicyclic) bond motifs is 1. The second-order valence-corrected chi connectivity index (χ2v) is 9.11. The van der Waals surface area contributed by atoms with Gasteiger partial charge < -0.3 is 4.74 Å². The molecule has 154 valence electrons. The first-order valence-electron chi connectivity index (χ1n) is 9.86. The van der Waals surface area contributed by atoms with Crippen LogP contribution in [0, 0.1) is 12.8 Å². The molecular weight excluding hydrogens is 386 g/mol. The monoisotopic (exact) mass is 413 g/mol. The molecule has 2 atom stereocenters. The quantitative estimate of drug-likeness (QED) is 0.380. The van der Waals surface area contributed by atoms with Crippen LogP contribution in [0.2, 0.25) is 0 Å². The maximum atomic E-state index is 13.4. The summed E-state index contributed by atoms with van der Waals surface area (Å²) >= 11 is 0. The van der Waals surface area contributed by atoms with Crippen LogP contribution in [0.4, 0.5) is 0 Å². The summed E-state index contributed by atoms with van der Waals surface area (Å²) in [5.41, 5.74) is 2.11. The van der Waals surface area contributed by atoms with Crippen molar-refractivity contribution in [3.8, 4) is 0 Å². The lowest BCUT2D eigenvalue weighted by Gasteiger charge is -2.27. The molecule has 0 bridgehead atoms. The Hall–Kier alpha value is -2.60. The fraction of sp³-hybridized carbons (Fsp3) is 0.348. The maximum Gasteiger partial charge on any atom is 0.337 e. The molecule has 0 N–H and O–H groups in total. The van der Waals surface area contributed by atoms with E-state index in [1.54, 1.807) is 30.5 Å². The zero-order chi connectivity index (χ0) is 21.0. The van der Waals surface area contributed by atoms with Crippen molar-refractivity contribution in [1.82, 2.24) is 4.31 Å². The molecule has 0 aromatic heterocycles. The average Bonchev–Trinajstić information content (AvgIpc) is 3.11. The number of ether oxygens (including phenoxy) is 1. The topological polar surface area (TPSA) is 63.7 Å². The lowest BCUT2D eigenvalue weighted by Crippen LogP contribution is -2.35. The van der Waals surface area contributed by atoms with Gasteiger partial charge in [0.05, 0.1) is 23.6 Å². The number of aryl methyl sites for hydroxylation is 1. The van der Waals surface area contributed by atoms with Crippen LogP contribution in [0.25, 0.3) is 0 Å². The highest BCUT2D eigenvalue weighted by Gasteiger charge is 2.41. The van der Waals surface area contributed by atoms with Gasteiger partial charge in [-0.1, -0.05) is 67.8 Å². The lowest BCUT2D eigenvalue weighted by molar-refractivity contribution is -0.135. The molecule has 0 saturated heterocycles. The average molecular weight is 414 g/mol. The molecule has 29 heavy (non-hydrogen) atoms. The molecule has 0 spiro atoms. The van der Waals surface area contributed by atoms with Gasteiger partial charge in [-0.2, -0.15) is 0 Å². The summed E-state index contributed by atoms with van der Waals surface area (Å²) in [6, 6.07) is 6.40. The first-order chi connectivity index (χ1) is 13.9. The van der Waals surface area contributed by atoms with Crippen molar-refractivity contribution < 1.29 is 17.9 Å². The van der Waals surface area contributed by atoms with Gasteiger partial charge in [-0.05, 0) is 31.1 Å². The molecule has 1 aromatic rings. The number of nitrogens with zero attached hydrogens (tertiary/aromatic N) is 1. The Labute approximate surface area is 173 Å². The molecule has 1 aromatic carbocycles. The summed E-state index contributed by atoms with van der Waals surface area (Å²) in [6.07, 6.45) is 13.7. The van der Waals surface area contributed by atoms with Crippen LogP contribution in [0.1, 0.15) is 31.7 Å². The molecule has 1 aliphatic heterocycles. The summed E-state index contributed by atoms with van der Waals surface area (Å²) in [6.45, 7) is 4.00. The van der Waals surface area contributed by atoms with Gasteiger partial charge in [0.1, 0.15) is 0 Å². The number of sulfonamides is 1. The van der Waals surface area contributed by atoms with E-state index in [-0.39, 0.29) is 10.8 Å². The van der Waals surface area contributed by atoms with Crippen LogP contribution in [0.3, 0.4) is 0 Å². The first-order valence-corrected chi connectivity index (χ1v) is 11.3. The number of unbranched alkanes of at least 4 members (excludes halogenated alkanes) is 2. The van der Waals surface area contributed by atoms with E-state index < -0.39 is 22.0 Å². The zero-order valence-electron chi connectivity index (χ0n) is 17.0. The number of allylic oxidation sites excluding steroid dienone is 3. The number of carbonyl (C=O) groups is 1. The van der Waals surface area contributed by atoms with Gasteiger partial charge >= 0.3 is 5.97 Å². The third-order valence-electron chi connectivity index (χ3n) is 5.24. The molecule has 3 rings (SSSR count). The van der Waals surface area contributed by atoms with Gasteiger partial charge in [0.25, 0.3) is 10.0 Å². The minimum absolute atomic E-state index is 0.229. The number of carbonyl (C=O) groups excluding carboxylic acids is 1. The molecule has 0 radical (unpaired) electrons. The van der Waals surface area contributed by atoms with Gasteiger partial charge in [-0.3, -0.25) is 4.31 Å². The molecule has 0 saturated carbocycles. The Morgan fingerprint density at radius 1 is 1.17 bits per heavy atom. The summed E-state index contributed by atoms with van der Waals surface area (Å²) < 4.78 is 33.1. The molecule has 0 amide bonds. The van der Waals surface area contributed by atoms with E-state index in [0.29, 0.717) is 11.1 Å². The highest BCUT2D eigenvalue weighted by molar-refractivity contribution is 7.89. The SMILES string of the molecule is CCCC/C=C(\C(=O)OC)C1=CN(S(=O)(=O)c2ccc(C)cc2)C2C=CC=CC12. The van der Waals surface area contributed by atoms with Crippen LogP contribution in [0.5, 0.6) is 0 Å². The van der Waals surface area contributed by atoms with Crippen molar-refractivity contribution in [3.63, 3.8) is 0 Å². The smallest absolute Gasteiger partial charge is 0.337 e. The highest BCUT2D eigenvalue weighted by atomic mass is 32.2. The molecule has 1 heterocycles. The van der Waals surface area contributed by atoms with E-state index in [1.807, 2.05) is 37.3 Å². The van der Waals surface area contributed by atoms with Gasteiger partial charge in [-0.15, -0.1) is 0 Å². The number of benzene rings is 1. The van der Waals surface area contributed by atoms with E-state index in [4.69, 9.17) is 4.74 Å². The Kier molecular flexibility index (Phi) is 6.42. The van der Waals surface area contributed by atoms with Crippen LogP contribution >= 0.6 is 0 Å². The Bertz CT molecular complexity index is 984. The number of esters is 1. The van der Waals surface area contributed by atoms with E-state index in [1.165, 1.54) is 11.4 Å². The Morgan fingerprint density at radius 3 is 2.52 bits per heavy atom. The first kappa shape index (κ1) is 21.1. The largest absolute Gasteiger partial charge is 0.465 e. The normalized spacial score (nSPS) is 21.1. The van der Waals surface area contributed by atoms with Crippen LogP contribution < -0.4 is 0 Å². The maximum absolute atomic E-state index is 13.4. The van der Waals surface area contributed by atoms with Crippen LogP contribution in [-0.4, -0.2) is 31.8 Å². The van der Waals surface area contributed by atoms with Crippen molar-refractivity contribution in [3.05, 3.63) is 77.6 Å². The van der Waals surface area contributed by atoms with Crippen molar-refractivity contribution in [2.24, 2.45) is 5.92 Å². The summed E-state index contributed by atoms with van der Waals surface area (Å²) in [7, 11) is -2.41. The standard InChI is InChI=1S/C23H27NO4S/c1-4-5-6-10-20(23(25)28-3)21-16-24(22-11-8-7-9-19(21)22)29(26,27)18-14-12-17(2)13-15-18/h7-16,19,22H,4-6H2,1-3H3/b20-10-. The molecule has 5 nitrogen and oxygen atoms in total. The van der Waals surface area contributed by atoms with Gasteiger partial charge in [0, 0.05) is 12.1 Å². The number of hydrogen-bond acceptors (Lipinski definition) is 4. The summed E-state index contributed by atoms with van der Waals surface area (Å²) in [5.74, 6) is -0.671. The van der Waals surface area contributed by atoms with Gasteiger partial charge in [-0.25, -0.2) is 13.2 Å². The third-order valence-corrected chi connectivity index (χ3v) is 7.02. The van der Waals surface area contributed by atoms with Gasteiger partial charge in [0.15, 0.2) is 0 Å².